The highest BCUT2D eigenvalue weighted by atomic mass is 16.5. The van der Waals surface area contributed by atoms with Crippen molar-refractivity contribution in [1.82, 2.24) is 14.7 Å². The molecule has 9 atom stereocenters. The van der Waals surface area contributed by atoms with E-state index in [0.717, 1.165) is 36.0 Å². The van der Waals surface area contributed by atoms with Crippen molar-refractivity contribution < 1.29 is 14.3 Å². The number of hydrogen-bond acceptors (Lipinski definition) is 5. The van der Waals surface area contributed by atoms with E-state index in [1.807, 2.05) is 19.0 Å². The standard InChI is InChI=1S/C30H47N3O3/c1-19-6-8-23-21(14-19)7-9-25-24(23)10-11-30(3)26(15-20(2)28(25)30)27(34)18-33-17-22(16-31-33)29(35)36-13-12-32(4)5/h16-17,19-21,23-26,28H,6-15,18H2,1-5H3/t19-,20+,21+,23-,24?,25+,26+,28?,30+/m0/s1. The van der Waals surface area contributed by atoms with Crippen LogP contribution in [-0.4, -0.2) is 53.7 Å². The fourth-order valence-electron chi connectivity index (χ4n) is 9.36. The normalized spacial score (nSPS) is 39.8. The Balaban J connectivity index is 1.24. The third-order valence-electron chi connectivity index (χ3n) is 10.9. The first-order chi connectivity index (χ1) is 17.2. The fraction of sp³-hybridized carbons (Fsp3) is 0.833. The molecule has 200 valence electrons. The van der Waals surface area contributed by atoms with Crippen LogP contribution in [0.3, 0.4) is 0 Å². The van der Waals surface area contributed by atoms with E-state index in [4.69, 9.17) is 4.74 Å². The molecule has 0 amide bonds. The van der Waals surface area contributed by atoms with Gasteiger partial charge >= 0.3 is 5.97 Å². The number of Topliss-reactive ketones (excluding diaryl/α,β-unsaturated/α-hetero) is 1. The predicted octanol–water partition coefficient (Wildman–Crippen LogP) is 5.32. The van der Waals surface area contributed by atoms with Gasteiger partial charge in [-0.25, -0.2) is 4.79 Å². The topological polar surface area (TPSA) is 64.4 Å². The van der Waals surface area contributed by atoms with Gasteiger partial charge in [-0.15, -0.1) is 0 Å². The molecule has 0 bridgehead atoms. The highest BCUT2D eigenvalue weighted by Gasteiger charge is 2.60. The summed E-state index contributed by atoms with van der Waals surface area (Å²) in [4.78, 5) is 28.0. The van der Waals surface area contributed by atoms with Crippen LogP contribution in [0.4, 0.5) is 0 Å². The number of carbonyl (C=O) groups is 2. The van der Waals surface area contributed by atoms with E-state index in [9.17, 15) is 9.59 Å². The lowest BCUT2D eigenvalue weighted by Crippen LogP contribution is -2.50. The summed E-state index contributed by atoms with van der Waals surface area (Å²) >= 11 is 0. The number of hydrogen-bond donors (Lipinski definition) is 0. The van der Waals surface area contributed by atoms with Crippen molar-refractivity contribution in [3.05, 3.63) is 18.0 Å². The van der Waals surface area contributed by atoms with Gasteiger partial charge in [0, 0.05) is 18.7 Å². The van der Waals surface area contributed by atoms with Gasteiger partial charge in [0.15, 0.2) is 5.78 Å². The second kappa shape index (κ2) is 10.2. The summed E-state index contributed by atoms with van der Waals surface area (Å²) in [6.45, 7) is 8.58. The van der Waals surface area contributed by atoms with Gasteiger partial charge in [-0.1, -0.05) is 27.2 Å². The predicted molar refractivity (Wildman–Crippen MR) is 140 cm³/mol. The van der Waals surface area contributed by atoms with E-state index >= 15 is 0 Å². The zero-order valence-electron chi connectivity index (χ0n) is 23.1. The SMILES string of the molecule is C[C@H]1CC[C@@H]2C3CC[C@@]4(C)C([C@@H]3CC[C@@H]2C1)[C@H](C)C[C@@H]4C(=O)Cn1cc(C(=O)OCCN(C)C)cn1. The summed E-state index contributed by atoms with van der Waals surface area (Å²) in [6.07, 6.45) is 13.8. The molecule has 1 aromatic heterocycles. The lowest BCUT2D eigenvalue weighted by atomic mass is 9.48. The monoisotopic (exact) mass is 497 g/mol. The zero-order valence-corrected chi connectivity index (χ0v) is 23.1. The van der Waals surface area contributed by atoms with Crippen LogP contribution < -0.4 is 0 Å². The summed E-state index contributed by atoms with van der Waals surface area (Å²) < 4.78 is 6.98. The van der Waals surface area contributed by atoms with Gasteiger partial charge in [0.1, 0.15) is 6.61 Å². The first-order valence-electron chi connectivity index (χ1n) is 14.5. The first kappa shape index (κ1) is 25.9. The summed E-state index contributed by atoms with van der Waals surface area (Å²) in [6, 6.07) is 0. The molecule has 4 aliphatic carbocycles. The van der Waals surface area contributed by atoms with Crippen LogP contribution in [-0.2, 0) is 16.1 Å². The van der Waals surface area contributed by atoms with Crippen LogP contribution >= 0.6 is 0 Å². The van der Waals surface area contributed by atoms with Gasteiger partial charge in [-0.2, -0.15) is 5.10 Å². The third-order valence-corrected chi connectivity index (χ3v) is 10.9. The minimum absolute atomic E-state index is 0.0993. The third kappa shape index (κ3) is 4.79. The van der Waals surface area contributed by atoms with Crippen LogP contribution in [0.15, 0.2) is 12.4 Å². The molecule has 1 aromatic rings. The zero-order chi connectivity index (χ0) is 25.6. The van der Waals surface area contributed by atoms with E-state index in [1.54, 1.807) is 10.9 Å². The van der Waals surface area contributed by atoms with Gasteiger partial charge < -0.3 is 9.64 Å². The number of nitrogens with zero attached hydrogens (tertiary/aromatic N) is 3. The second-order valence-corrected chi connectivity index (χ2v) is 13.4. The number of fused-ring (bicyclic) bond motifs is 5. The number of aromatic nitrogens is 2. The van der Waals surface area contributed by atoms with Crippen molar-refractivity contribution in [1.29, 1.82) is 0 Å². The minimum Gasteiger partial charge on any atom is -0.461 e. The van der Waals surface area contributed by atoms with Crippen molar-refractivity contribution in [3.63, 3.8) is 0 Å². The molecule has 6 heteroatoms. The quantitative estimate of drug-likeness (QED) is 0.477. The summed E-state index contributed by atoms with van der Waals surface area (Å²) in [5, 5.41) is 4.34. The Morgan fingerprint density at radius 1 is 1.08 bits per heavy atom. The van der Waals surface area contributed by atoms with Gasteiger partial charge in [-0.3, -0.25) is 9.48 Å². The Bertz CT molecular complexity index is 957. The number of likely N-dealkylation sites (N-methyl/N-ethyl adjacent to an activating group) is 1. The first-order valence-corrected chi connectivity index (χ1v) is 14.5. The molecular formula is C30H47N3O3. The van der Waals surface area contributed by atoms with E-state index in [2.05, 4.69) is 25.9 Å². The highest BCUT2D eigenvalue weighted by Crippen LogP contribution is 2.66. The van der Waals surface area contributed by atoms with Crippen molar-refractivity contribution in [3.8, 4) is 0 Å². The molecule has 6 nitrogen and oxygen atoms in total. The maximum absolute atomic E-state index is 13.7. The molecule has 2 unspecified atom stereocenters. The Hall–Kier alpha value is -1.69. The number of ketones is 1. The van der Waals surface area contributed by atoms with Crippen LogP contribution in [0.5, 0.6) is 0 Å². The van der Waals surface area contributed by atoms with Crippen LogP contribution in [0.25, 0.3) is 0 Å². The van der Waals surface area contributed by atoms with Crippen LogP contribution in [0.2, 0.25) is 0 Å². The van der Waals surface area contributed by atoms with Crippen LogP contribution in [0, 0.1) is 52.8 Å². The molecule has 4 fully saturated rings. The Kier molecular flexibility index (Phi) is 7.37. The molecule has 4 aliphatic rings. The largest absolute Gasteiger partial charge is 0.461 e. The second-order valence-electron chi connectivity index (χ2n) is 13.4. The molecule has 4 saturated carbocycles. The molecule has 0 spiro atoms. The lowest BCUT2D eigenvalue weighted by Gasteiger charge is -2.56. The summed E-state index contributed by atoms with van der Waals surface area (Å²) in [5.74, 6) is 5.79. The molecule has 5 rings (SSSR count). The van der Waals surface area contributed by atoms with E-state index < -0.39 is 0 Å². The molecule has 1 heterocycles. The van der Waals surface area contributed by atoms with Crippen LogP contribution in [0.1, 0.15) is 82.5 Å². The Labute approximate surface area is 217 Å². The lowest BCUT2D eigenvalue weighted by molar-refractivity contribution is -0.131. The molecule has 36 heavy (non-hydrogen) atoms. The Morgan fingerprint density at radius 3 is 2.64 bits per heavy atom. The number of ether oxygens (including phenoxy) is 1. The van der Waals surface area contributed by atoms with Gasteiger partial charge in [-0.05, 0) is 106 Å². The fourth-order valence-corrected chi connectivity index (χ4v) is 9.36. The number of carbonyl (C=O) groups excluding carboxylic acids is 2. The molecule has 0 N–H and O–H groups in total. The summed E-state index contributed by atoms with van der Waals surface area (Å²) in [5.41, 5.74) is 0.526. The molecule has 0 aromatic carbocycles. The van der Waals surface area contributed by atoms with Crippen molar-refractivity contribution in [2.45, 2.75) is 78.7 Å². The maximum atomic E-state index is 13.7. The highest BCUT2D eigenvalue weighted by molar-refractivity contribution is 5.89. The van der Waals surface area contributed by atoms with Gasteiger partial charge in [0.05, 0.1) is 18.3 Å². The maximum Gasteiger partial charge on any atom is 0.341 e. The molecule has 0 saturated heterocycles. The number of rotatable bonds is 7. The average Bonchev–Trinajstić information content (AvgIpc) is 3.40. The minimum atomic E-state index is -0.372. The van der Waals surface area contributed by atoms with Crippen molar-refractivity contribution in [2.75, 3.05) is 27.2 Å². The van der Waals surface area contributed by atoms with Gasteiger partial charge in [0.25, 0.3) is 0 Å². The van der Waals surface area contributed by atoms with Crippen molar-refractivity contribution >= 4 is 11.8 Å². The Morgan fingerprint density at radius 2 is 1.86 bits per heavy atom. The van der Waals surface area contributed by atoms with E-state index in [1.165, 1.54) is 51.1 Å². The summed E-state index contributed by atoms with van der Waals surface area (Å²) in [7, 11) is 3.89. The van der Waals surface area contributed by atoms with Crippen molar-refractivity contribution in [2.24, 2.45) is 52.8 Å². The van der Waals surface area contributed by atoms with E-state index in [0.29, 0.717) is 36.3 Å². The molecular weight excluding hydrogens is 450 g/mol. The van der Waals surface area contributed by atoms with Gasteiger partial charge in [0.2, 0.25) is 0 Å². The molecule has 0 radical (unpaired) electrons. The van der Waals surface area contributed by atoms with E-state index in [-0.39, 0.29) is 23.8 Å². The average molecular weight is 498 g/mol. The smallest absolute Gasteiger partial charge is 0.341 e. The number of esters is 1. The molecule has 0 aliphatic heterocycles.